The number of epoxide rings is 1. The van der Waals surface area contributed by atoms with E-state index in [4.69, 9.17) is 4.74 Å². The first-order valence-electron chi connectivity index (χ1n) is 4.61. The topological polar surface area (TPSA) is 32.8 Å². The summed E-state index contributed by atoms with van der Waals surface area (Å²) in [7, 11) is 3.50. The molecule has 3 nitrogen and oxygen atoms in total. The van der Waals surface area contributed by atoms with Crippen LogP contribution in [0.2, 0.25) is 0 Å². The minimum absolute atomic E-state index is 0.0354. The van der Waals surface area contributed by atoms with E-state index in [1.165, 1.54) is 0 Å². The fourth-order valence-corrected chi connectivity index (χ4v) is 1.34. The smallest absolute Gasteiger partial charge is 0.253 e. The highest BCUT2D eigenvalue weighted by atomic mass is 16.6. The van der Waals surface area contributed by atoms with Crippen molar-refractivity contribution in [1.82, 2.24) is 4.90 Å². The Labute approximate surface area is 83.3 Å². The van der Waals surface area contributed by atoms with Gasteiger partial charge < -0.3 is 9.64 Å². The Bertz CT molecular complexity index is 339. The molecule has 0 spiro atoms. The first-order valence-corrected chi connectivity index (χ1v) is 4.61. The van der Waals surface area contributed by atoms with Gasteiger partial charge in [-0.15, -0.1) is 0 Å². The number of nitrogens with zero attached hydrogens (tertiary/aromatic N) is 1. The molecule has 1 aromatic rings. The third-order valence-electron chi connectivity index (χ3n) is 2.27. The molecule has 1 saturated heterocycles. The van der Waals surface area contributed by atoms with Crippen LogP contribution in [0, 0.1) is 0 Å². The van der Waals surface area contributed by atoms with Gasteiger partial charge in [0.2, 0.25) is 0 Å². The van der Waals surface area contributed by atoms with Crippen molar-refractivity contribution < 1.29 is 9.53 Å². The van der Waals surface area contributed by atoms with Crippen molar-refractivity contribution in [3.8, 4) is 0 Å². The molecule has 1 aliphatic heterocycles. The molecule has 1 aliphatic rings. The van der Waals surface area contributed by atoms with E-state index in [0.717, 1.165) is 17.7 Å². The van der Waals surface area contributed by atoms with E-state index in [2.05, 4.69) is 0 Å². The lowest BCUT2D eigenvalue weighted by Crippen LogP contribution is -2.21. The predicted octanol–water partition coefficient (Wildman–Crippen LogP) is 1.46. The summed E-state index contributed by atoms with van der Waals surface area (Å²) < 4.78 is 5.15. The normalized spacial score (nSPS) is 19.1. The van der Waals surface area contributed by atoms with Gasteiger partial charge in [0.25, 0.3) is 5.91 Å². The Hall–Kier alpha value is -1.35. The van der Waals surface area contributed by atoms with Crippen molar-refractivity contribution in [2.24, 2.45) is 0 Å². The van der Waals surface area contributed by atoms with Crippen molar-refractivity contribution in [2.75, 3.05) is 20.7 Å². The maximum atomic E-state index is 11.5. The third-order valence-corrected chi connectivity index (χ3v) is 2.27. The van der Waals surface area contributed by atoms with E-state index < -0.39 is 0 Å². The second-order valence-corrected chi connectivity index (χ2v) is 3.64. The summed E-state index contributed by atoms with van der Waals surface area (Å²) in [5.74, 6) is 0.0354. The first kappa shape index (κ1) is 9.21. The highest BCUT2D eigenvalue weighted by Gasteiger charge is 2.24. The summed E-state index contributed by atoms with van der Waals surface area (Å²) in [5, 5.41) is 0. The Morgan fingerprint density at radius 3 is 2.36 bits per heavy atom. The van der Waals surface area contributed by atoms with Gasteiger partial charge in [-0.2, -0.15) is 0 Å². The molecule has 74 valence electrons. The van der Waals surface area contributed by atoms with Crippen LogP contribution in [0.1, 0.15) is 22.0 Å². The zero-order chi connectivity index (χ0) is 10.1. The Morgan fingerprint density at radius 2 is 1.93 bits per heavy atom. The lowest BCUT2D eigenvalue weighted by Gasteiger charge is -2.09. The van der Waals surface area contributed by atoms with E-state index in [-0.39, 0.29) is 12.0 Å². The molecule has 1 aromatic carbocycles. The van der Waals surface area contributed by atoms with Crippen LogP contribution in [0.4, 0.5) is 0 Å². The molecule has 2 rings (SSSR count). The number of ether oxygens (including phenoxy) is 1. The van der Waals surface area contributed by atoms with Crippen LogP contribution in [0.3, 0.4) is 0 Å². The summed E-state index contributed by atoms with van der Waals surface area (Å²) in [5.41, 5.74) is 1.87. The van der Waals surface area contributed by atoms with E-state index in [1.54, 1.807) is 19.0 Å². The predicted molar refractivity (Wildman–Crippen MR) is 53.2 cm³/mol. The molecule has 0 aliphatic carbocycles. The van der Waals surface area contributed by atoms with Gasteiger partial charge in [0, 0.05) is 19.7 Å². The molecule has 14 heavy (non-hydrogen) atoms. The molecule has 0 aromatic heterocycles. The van der Waals surface area contributed by atoms with Gasteiger partial charge in [-0.3, -0.25) is 4.79 Å². The van der Waals surface area contributed by atoms with Crippen molar-refractivity contribution in [3.05, 3.63) is 35.4 Å². The largest absolute Gasteiger partial charge is 0.368 e. The fourth-order valence-electron chi connectivity index (χ4n) is 1.34. The van der Waals surface area contributed by atoms with Gasteiger partial charge in [0.05, 0.1) is 6.61 Å². The van der Waals surface area contributed by atoms with Crippen LogP contribution in [0.15, 0.2) is 24.3 Å². The molecule has 1 heterocycles. The number of amides is 1. The van der Waals surface area contributed by atoms with Crippen LogP contribution >= 0.6 is 0 Å². The summed E-state index contributed by atoms with van der Waals surface area (Å²) in [4.78, 5) is 13.1. The molecule has 1 atom stereocenters. The number of hydrogen-bond donors (Lipinski definition) is 0. The minimum atomic E-state index is 0.0354. The lowest BCUT2D eigenvalue weighted by molar-refractivity contribution is 0.0827. The zero-order valence-electron chi connectivity index (χ0n) is 8.36. The van der Waals surface area contributed by atoms with Crippen LogP contribution < -0.4 is 0 Å². The first-order chi connectivity index (χ1) is 6.68. The minimum Gasteiger partial charge on any atom is -0.368 e. The van der Waals surface area contributed by atoms with Crippen molar-refractivity contribution >= 4 is 5.91 Å². The average Bonchev–Trinajstić information content (AvgIpc) is 3.00. The number of rotatable bonds is 2. The van der Waals surface area contributed by atoms with E-state index in [9.17, 15) is 4.79 Å². The van der Waals surface area contributed by atoms with E-state index >= 15 is 0 Å². The quantitative estimate of drug-likeness (QED) is 0.663. The van der Waals surface area contributed by atoms with Crippen molar-refractivity contribution in [1.29, 1.82) is 0 Å². The molecule has 0 N–H and O–H groups in total. The van der Waals surface area contributed by atoms with Crippen molar-refractivity contribution in [3.63, 3.8) is 0 Å². The van der Waals surface area contributed by atoms with Crippen LogP contribution in [-0.4, -0.2) is 31.5 Å². The molecule has 3 heteroatoms. The molecule has 0 saturated carbocycles. The molecule has 1 fully saturated rings. The molecule has 0 radical (unpaired) electrons. The zero-order valence-corrected chi connectivity index (χ0v) is 8.36. The van der Waals surface area contributed by atoms with Gasteiger partial charge in [0.1, 0.15) is 6.10 Å². The number of benzene rings is 1. The molecule has 1 amide bonds. The number of hydrogen-bond acceptors (Lipinski definition) is 2. The maximum Gasteiger partial charge on any atom is 0.253 e. The van der Waals surface area contributed by atoms with Gasteiger partial charge in [-0.1, -0.05) is 12.1 Å². The third kappa shape index (κ3) is 1.77. The monoisotopic (exact) mass is 191 g/mol. The summed E-state index contributed by atoms with van der Waals surface area (Å²) in [6, 6.07) is 7.60. The average molecular weight is 191 g/mol. The van der Waals surface area contributed by atoms with Crippen LogP contribution in [0.5, 0.6) is 0 Å². The number of carbonyl (C=O) groups excluding carboxylic acids is 1. The van der Waals surface area contributed by atoms with Crippen LogP contribution in [0.25, 0.3) is 0 Å². The SMILES string of the molecule is CN(C)C(=O)c1ccc([C@H]2CO2)cc1. The van der Waals surface area contributed by atoms with E-state index in [1.807, 2.05) is 24.3 Å². The van der Waals surface area contributed by atoms with E-state index in [0.29, 0.717) is 0 Å². The number of carbonyl (C=O) groups is 1. The Kier molecular flexibility index (Phi) is 2.25. The molecular formula is C11H13NO2. The Balaban J connectivity index is 2.16. The standard InChI is InChI=1S/C11H13NO2/c1-12(2)11(13)9-5-3-8(4-6-9)10-7-14-10/h3-6,10H,7H2,1-2H3/t10-/m1/s1. The molecule has 0 unspecified atom stereocenters. The van der Waals surface area contributed by atoms with Gasteiger partial charge >= 0.3 is 0 Å². The molecular weight excluding hydrogens is 178 g/mol. The summed E-state index contributed by atoms with van der Waals surface area (Å²) >= 11 is 0. The second kappa shape index (κ2) is 3.42. The van der Waals surface area contributed by atoms with Crippen LogP contribution in [-0.2, 0) is 4.74 Å². The highest BCUT2D eigenvalue weighted by molar-refractivity contribution is 5.93. The van der Waals surface area contributed by atoms with Gasteiger partial charge in [-0.25, -0.2) is 0 Å². The fraction of sp³-hybridized carbons (Fsp3) is 0.364. The highest BCUT2D eigenvalue weighted by Crippen LogP contribution is 2.29. The maximum absolute atomic E-state index is 11.5. The lowest BCUT2D eigenvalue weighted by atomic mass is 10.1. The summed E-state index contributed by atoms with van der Waals surface area (Å²) in [6.45, 7) is 0.807. The molecule has 0 bridgehead atoms. The Morgan fingerprint density at radius 1 is 1.36 bits per heavy atom. The van der Waals surface area contributed by atoms with Gasteiger partial charge in [-0.05, 0) is 17.7 Å². The van der Waals surface area contributed by atoms with Crippen molar-refractivity contribution in [2.45, 2.75) is 6.10 Å². The second-order valence-electron chi connectivity index (χ2n) is 3.64. The summed E-state index contributed by atoms with van der Waals surface area (Å²) in [6.07, 6.45) is 0.263. The van der Waals surface area contributed by atoms with Gasteiger partial charge in [0.15, 0.2) is 0 Å².